The van der Waals surface area contributed by atoms with Gasteiger partial charge in [-0.05, 0) is 43.5 Å². The minimum Gasteiger partial charge on any atom is -0.484 e. The molecule has 1 saturated heterocycles. The van der Waals surface area contributed by atoms with Gasteiger partial charge in [0, 0.05) is 18.2 Å². The first-order valence-corrected chi connectivity index (χ1v) is 7.31. The molecule has 1 heterocycles. The van der Waals surface area contributed by atoms with Gasteiger partial charge in [-0.15, -0.1) is 0 Å². The van der Waals surface area contributed by atoms with Crippen LogP contribution in [-0.4, -0.2) is 43.0 Å². The Labute approximate surface area is 129 Å². The molecule has 0 radical (unpaired) electrons. The lowest BCUT2D eigenvalue weighted by Crippen LogP contribution is -2.55. The van der Waals surface area contributed by atoms with E-state index in [1.165, 1.54) is 0 Å². The molecule has 116 valence electrons. The number of rotatable bonds is 5. The molecule has 0 atom stereocenters. The van der Waals surface area contributed by atoms with Crippen molar-refractivity contribution in [1.82, 2.24) is 5.32 Å². The first-order chi connectivity index (χ1) is 10.0. The molecule has 2 rings (SSSR count). The van der Waals surface area contributed by atoms with Crippen LogP contribution in [0.4, 0.5) is 0 Å². The van der Waals surface area contributed by atoms with E-state index in [0.717, 1.165) is 5.56 Å². The normalized spacial score (nSPS) is 17.3. The summed E-state index contributed by atoms with van der Waals surface area (Å²) in [6.45, 7) is 2.76. The molecule has 1 aromatic carbocycles. The predicted molar refractivity (Wildman–Crippen MR) is 79.7 cm³/mol. The van der Waals surface area contributed by atoms with Gasteiger partial charge in [0.05, 0.1) is 12.1 Å². The van der Waals surface area contributed by atoms with E-state index in [-0.39, 0.29) is 19.1 Å². The van der Waals surface area contributed by atoms with Crippen LogP contribution in [0.1, 0.15) is 18.4 Å². The Balaban J connectivity index is 1.89. The van der Waals surface area contributed by atoms with Crippen molar-refractivity contribution in [3.8, 4) is 5.75 Å². The zero-order chi connectivity index (χ0) is 15.3. The van der Waals surface area contributed by atoms with Gasteiger partial charge in [-0.1, -0.05) is 11.6 Å². The third-order valence-corrected chi connectivity index (χ3v) is 3.89. The molecule has 0 spiro atoms. The van der Waals surface area contributed by atoms with Crippen molar-refractivity contribution in [1.29, 1.82) is 0 Å². The Hall–Kier alpha value is -1.30. The molecule has 1 amide bonds. The number of carbonyl (C=O) groups excluding carboxylic acids is 1. The fraction of sp³-hybridized carbons (Fsp3) is 0.533. The summed E-state index contributed by atoms with van der Waals surface area (Å²) in [5.74, 6) is 0.375. The minimum atomic E-state index is -0.590. The van der Waals surface area contributed by atoms with Crippen molar-refractivity contribution in [2.45, 2.75) is 25.3 Å². The van der Waals surface area contributed by atoms with Gasteiger partial charge in [-0.2, -0.15) is 0 Å². The zero-order valence-electron chi connectivity index (χ0n) is 12.0. The van der Waals surface area contributed by atoms with Gasteiger partial charge >= 0.3 is 0 Å². The number of benzene rings is 1. The molecular formula is C15H20ClNO4. The van der Waals surface area contributed by atoms with Crippen LogP contribution in [-0.2, 0) is 9.53 Å². The van der Waals surface area contributed by atoms with E-state index in [1.807, 2.05) is 6.92 Å². The Morgan fingerprint density at radius 2 is 2.19 bits per heavy atom. The summed E-state index contributed by atoms with van der Waals surface area (Å²) in [6.07, 6.45) is 1.21. The monoisotopic (exact) mass is 313 g/mol. The summed E-state index contributed by atoms with van der Waals surface area (Å²) >= 11 is 5.87. The maximum Gasteiger partial charge on any atom is 0.258 e. The molecule has 0 bridgehead atoms. The summed E-state index contributed by atoms with van der Waals surface area (Å²) in [4.78, 5) is 12.0. The van der Waals surface area contributed by atoms with E-state index in [1.54, 1.807) is 18.2 Å². The van der Waals surface area contributed by atoms with Gasteiger partial charge in [0.1, 0.15) is 5.75 Å². The molecule has 21 heavy (non-hydrogen) atoms. The molecule has 1 aliphatic rings. The van der Waals surface area contributed by atoms with Crippen molar-refractivity contribution >= 4 is 17.5 Å². The van der Waals surface area contributed by atoms with Crippen LogP contribution in [0.2, 0.25) is 5.02 Å². The third-order valence-electron chi connectivity index (χ3n) is 3.65. The Bertz CT molecular complexity index is 500. The lowest BCUT2D eigenvalue weighted by atomic mass is 9.91. The molecule has 1 aliphatic heterocycles. The number of carbonyl (C=O) groups is 1. The summed E-state index contributed by atoms with van der Waals surface area (Å²) < 4.78 is 10.8. The first-order valence-electron chi connectivity index (χ1n) is 6.93. The second-order valence-corrected chi connectivity index (χ2v) is 5.73. The second kappa shape index (κ2) is 7.11. The van der Waals surface area contributed by atoms with Crippen LogP contribution in [0.25, 0.3) is 0 Å². The minimum absolute atomic E-state index is 0.0922. The summed E-state index contributed by atoms with van der Waals surface area (Å²) in [6, 6.07) is 5.24. The quantitative estimate of drug-likeness (QED) is 0.868. The molecular weight excluding hydrogens is 294 g/mol. The number of hydrogen-bond acceptors (Lipinski definition) is 4. The average molecular weight is 314 g/mol. The van der Waals surface area contributed by atoms with Crippen LogP contribution in [0, 0.1) is 6.92 Å². The first kappa shape index (κ1) is 16.1. The molecule has 0 saturated carbocycles. The molecule has 1 aromatic rings. The highest BCUT2D eigenvalue weighted by Gasteiger charge is 2.33. The van der Waals surface area contributed by atoms with E-state index < -0.39 is 5.54 Å². The Kier molecular flexibility index (Phi) is 5.45. The van der Waals surface area contributed by atoms with Gasteiger partial charge in [0.25, 0.3) is 5.91 Å². The van der Waals surface area contributed by atoms with E-state index in [4.69, 9.17) is 21.1 Å². The standard InChI is InChI=1S/C15H20ClNO4/c1-11-8-12(16)2-3-13(11)21-9-14(19)17-15(10-18)4-6-20-7-5-15/h2-3,8,18H,4-7,9-10H2,1H3,(H,17,19). The highest BCUT2D eigenvalue weighted by molar-refractivity contribution is 6.30. The number of aryl methyl sites for hydroxylation is 1. The van der Waals surface area contributed by atoms with Crippen molar-refractivity contribution in [3.63, 3.8) is 0 Å². The predicted octanol–water partition coefficient (Wildman–Crippen LogP) is 1.68. The van der Waals surface area contributed by atoms with E-state index in [2.05, 4.69) is 5.32 Å². The largest absolute Gasteiger partial charge is 0.484 e. The van der Waals surface area contributed by atoms with Crippen LogP contribution in [0.3, 0.4) is 0 Å². The summed E-state index contributed by atoms with van der Waals surface area (Å²) in [7, 11) is 0. The van der Waals surface area contributed by atoms with E-state index >= 15 is 0 Å². The van der Waals surface area contributed by atoms with E-state index in [0.29, 0.717) is 36.8 Å². The maximum absolute atomic E-state index is 12.0. The van der Waals surface area contributed by atoms with Crippen LogP contribution in [0.15, 0.2) is 18.2 Å². The summed E-state index contributed by atoms with van der Waals surface area (Å²) in [5.41, 5.74) is 0.284. The fourth-order valence-electron chi connectivity index (χ4n) is 2.33. The maximum atomic E-state index is 12.0. The van der Waals surface area contributed by atoms with Crippen molar-refractivity contribution in [3.05, 3.63) is 28.8 Å². The number of aliphatic hydroxyl groups is 1. The molecule has 0 aromatic heterocycles. The van der Waals surface area contributed by atoms with Gasteiger partial charge in [-0.3, -0.25) is 4.79 Å². The fourth-order valence-corrected chi connectivity index (χ4v) is 2.56. The molecule has 5 nitrogen and oxygen atoms in total. The zero-order valence-corrected chi connectivity index (χ0v) is 12.8. The third kappa shape index (κ3) is 4.33. The topological polar surface area (TPSA) is 67.8 Å². The highest BCUT2D eigenvalue weighted by atomic mass is 35.5. The molecule has 6 heteroatoms. The van der Waals surface area contributed by atoms with Gasteiger partial charge < -0.3 is 19.9 Å². The second-order valence-electron chi connectivity index (χ2n) is 5.30. The smallest absolute Gasteiger partial charge is 0.258 e. The number of amides is 1. The lowest BCUT2D eigenvalue weighted by Gasteiger charge is -2.36. The van der Waals surface area contributed by atoms with Gasteiger partial charge in [0.15, 0.2) is 6.61 Å². The van der Waals surface area contributed by atoms with Crippen molar-refractivity contribution in [2.24, 2.45) is 0 Å². The number of halogens is 1. The van der Waals surface area contributed by atoms with Crippen LogP contribution in [0.5, 0.6) is 5.75 Å². The van der Waals surface area contributed by atoms with Gasteiger partial charge in [-0.25, -0.2) is 0 Å². The van der Waals surface area contributed by atoms with Gasteiger partial charge in [0.2, 0.25) is 0 Å². The number of aliphatic hydroxyl groups excluding tert-OH is 1. The van der Waals surface area contributed by atoms with Crippen molar-refractivity contribution in [2.75, 3.05) is 26.4 Å². The van der Waals surface area contributed by atoms with Crippen molar-refractivity contribution < 1.29 is 19.4 Å². The van der Waals surface area contributed by atoms with Crippen LogP contribution < -0.4 is 10.1 Å². The van der Waals surface area contributed by atoms with Crippen LogP contribution >= 0.6 is 11.6 Å². The molecule has 1 fully saturated rings. The Morgan fingerprint density at radius 3 is 2.81 bits per heavy atom. The molecule has 2 N–H and O–H groups in total. The SMILES string of the molecule is Cc1cc(Cl)ccc1OCC(=O)NC1(CO)CCOCC1. The molecule has 0 unspecified atom stereocenters. The average Bonchev–Trinajstić information content (AvgIpc) is 2.47. The number of hydrogen-bond donors (Lipinski definition) is 2. The highest BCUT2D eigenvalue weighted by Crippen LogP contribution is 2.22. The Morgan fingerprint density at radius 1 is 1.48 bits per heavy atom. The lowest BCUT2D eigenvalue weighted by molar-refractivity contribution is -0.127. The number of ether oxygens (including phenoxy) is 2. The summed E-state index contributed by atoms with van der Waals surface area (Å²) in [5, 5.41) is 13.0. The number of nitrogens with one attached hydrogen (secondary N) is 1. The van der Waals surface area contributed by atoms with E-state index in [9.17, 15) is 9.90 Å². The molecule has 0 aliphatic carbocycles.